The largest absolute Gasteiger partial charge is 0.496 e. The van der Waals surface area contributed by atoms with Crippen molar-refractivity contribution in [1.29, 1.82) is 0 Å². The van der Waals surface area contributed by atoms with Gasteiger partial charge in [-0.2, -0.15) is 0 Å². The number of rotatable bonds is 14. The molecule has 0 radical (unpaired) electrons. The second-order valence-corrected chi connectivity index (χ2v) is 11.0. The van der Waals surface area contributed by atoms with Crippen LogP contribution in [0.2, 0.25) is 0 Å². The first-order chi connectivity index (χ1) is 15.1. The third-order valence-electron chi connectivity index (χ3n) is 4.91. The third-order valence-corrected chi connectivity index (χ3v) is 6.99. The summed E-state index contributed by atoms with van der Waals surface area (Å²) in [6.45, 7) is 5.72. The van der Waals surface area contributed by atoms with Gasteiger partial charge in [-0.1, -0.05) is 12.0 Å². The molecule has 1 rings (SSSR count). The van der Waals surface area contributed by atoms with Gasteiger partial charge in [-0.05, 0) is 45.0 Å². The molecule has 0 spiro atoms. The SMILES string of the molecule is CCOP(=O)(CCC#CCN(C)[C@H](CO)Cc1ccc(OC)c(C[N+](C)(C)C)c1)OCC. The number of hydrogen-bond acceptors (Lipinski definition) is 6. The monoisotopic (exact) mass is 469 g/mol. The molecule has 0 aliphatic carbocycles. The predicted molar refractivity (Wildman–Crippen MR) is 130 cm³/mol. The van der Waals surface area contributed by atoms with Gasteiger partial charge in [-0.15, -0.1) is 5.92 Å². The van der Waals surface area contributed by atoms with Gasteiger partial charge in [0.2, 0.25) is 0 Å². The maximum Gasteiger partial charge on any atom is 0.331 e. The number of nitrogens with zero attached hydrogens (tertiary/aromatic N) is 2. The second kappa shape index (κ2) is 14.0. The molecule has 0 aromatic heterocycles. The van der Waals surface area contributed by atoms with Crippen LogP contribution in [0.15, 0.2) is 18.2 Å². The van der Waals surface area contributed by atoms with Crippen LogP contribution in [0.5, 0.6) is 5.75 Å². The van der Waals surface area contributed by atoms with E-state index in [1.807, 2.05) is 18.0 Å². The lowest BCUT2D eigenvalue weighted by atomic mass is 10.0. The number of methoxy groups -OCH3 is 1. The van der Waals surface area contributed by atoms with Crippen molar-refractivity contribution in [3.05, 3.63) is 29.3 Å². The zero-order valence-electron chi connectivity index (χ0n) is 20.9. The molecular weight excluding hydrogens is 427 g/mol. The number of aliphatic hydroxyl groups excluding tert-OH is 1. The summed E-state index contributed by atoms with van der Waals surface area (Å²) in [5.74, 6) is 7.06. The second-order valence-electron chi connectivity index (χ2n) is 8.82. The van der Waals surface area contributed by atoms with Crippen molar-refractivity contribution in [1.82, 2.24) is 4.90 Å². The van der Waals surface area contributed by atoms with Crippen molar-refractivity contribution >= 4 is 7.60 Å². The highest BCUT2D eigenvalue weighted by atomic mass is 31.2. The number of hydrogen-bond donors (Lipinski definition) is 1. The lowest BCUT2D eigenvalue weighted by Gasteiger charge is -2.27. The topological polar surface area (TPSA) is 68.2 Å². The van der Waals surface area contributed by atoms with Crippen LogP contribution in [0.4, 0.5) is 0 Å². The first-order valence-electron chi connectivity index (χ1n) is 11.2. The number of aliphatic hydroxyl groups is 1. The summed E-state index contributed by atoms with van der Waals surface area (Å²) >= 11 is 0. The molecule has 7 nitrogen and oxygen atoms in total. The predicted octanol–water partition coefficient (Wildman–Crippen LogP) is 3.40. The minimum Gasteiger partial charge on any atom is -0.496 e. The molecule has 0 fully saturated rings. The molecule has 0 aliphatic heterocycles. The molecule has 0 heterocycles. The smallest absolute Gasteiger partial charge is 0.331 e. The zero-order valence-corrected chi connectivity index (χ0v) is 21.8. The maximum absolute atomic E-state index is 12.5. The van der Waals surface area contributed by atoms with Gasteiger partial charge in [0.05, 0.1) is 60.8 Å². The molecule has 1 aromatic rings. The lowest BCUT2D eigenvalue weighted by molar-refractivity contribution is -0.884. The summed E-state index contributed by atoms with van der Waals surface area (Å²) in [5, 5.41) is 9.95. The van der Waals surface area contributed by atoms with E-state index in [0.29, 0.717) is 32.6 Å². The molecule has 0 unspecified atom stereocenters. The molecule has 0 saturated heterocycles. The summed E-state index contributed by atoms with van der Waals surface area (Å²) in [6, 6.07) is 6.18. The van der Waals surface area contributed by atoms with Gasteiger partial charge >= 0.3 is 7.60 Å². The minimum atomic E-state index is -3.05. The first kappa shape index (κ1) is 28.6. The van der Waals surface area contributed by atoms with Crippen LogP contribution in [0.3, 0.4) is 0 Å². The highest BCUT2D eigenvalue weighted by Crippen LogP contribution is 2.48. The normalized spacial score (nSPS) is 13.0. The number of benzene rings is 1. The molecule has 32 heavy (non-hydrogen) atoms. The van der Waals surface area contributed by atoms with Gasteiger partial charge in [0, 0.05) is 18.0 Å². The average molecular weight is 470 g/mol. The molecule has 8 heteroatoms. The van der Waals surface area contributed by atoms with Gasteiger partial charge in [0.1, 0.15) is 12.3 Å². The van der Waals surface area contributed by atoms with Gasteiger partial charge in [0.25, 0.3) is 0 Å². The maximum atomic E-state index is 12.5. The van der Waals surface area contributed by atoms with Crippen LogP contribution in [-0.4, -0.2) is 88.4 Å². The lowest BCUT2D eigenvalue weighted by Crippen LogP contribution is -2.37. The van der Waals surface area contributed by atoms with Crippen LogP contribution in [0, 0.1) is 11.8 Å². The van der Waals surface area contributed by atoms with Crippen LogP contribution in [-0.2, 0) is 26.6 Å². The number of quaternary nitrogens is 1. The molecule has 1 N–H and O–H groups in total. The molecular formula is C24H42N2O5P+. The van der Waals surface area contributed by atoms with Crippen molar-refractivity contribution in [2.24, 2.45) is 0 Å². The van der Waals surface area contributed by atoms with Crippen LogP contribution in [0.25, 0.3) is 0 Å². The Morgan fingerprint density at radius 1 is 1.16 bits per heavy atom. The van der Waals surface area contributed by atoms with E-state index in [-0.39, 0.29) is 18.8 Å². The van der Waals surface area contributed by atoms with Crippen molar-refractivity contribution in [3.63, 3.8) is 0 Å². The number of likely N-dealkylation sites (N-methyl/N-ethyl adjacent to an activating group) is 1. The fourth-order valence-corrected chi connectivity index (χ4v) is 4.88. The van der Waals surface area contributed by atoms with Crippen molar-refractivity contribution < 1.29 is 27.9 Å². The van der Waals surface area contributed by atoms with Crippen LogP contribution in [0.1, 0.15) is 31.4 Å². The van der Waals surface area contributed by atoms with Gasteiger partial charge in [-0.25, -0.2) is 0 Å². The Morgan fingerprint density at radius 2 is 1.81 bits per heavy atom. The highest BCUT2D eigenvalue weighted by Gasteiger charge is 2.22. The fraction of sp³-hybridized carbons (Fsp3) is 0.667. The highest BCUT2D eigenvalue weighted by molar-refractivity contribution is 7.53. The summed E-state index contributed by atoms with van der Waals surface area (Å²) in [4.78, 5) is 2.04. The molecule has 0 saturated carbocycles. The Hall–Kier alpha value is -1.39. The Bertz CT molecular complexity index is 788. The van der Waals surface area contributed by atoms with E-state index in [9.17, 15) is 9.67 Å². The van der Waals surface area contributed by atoms with Gasteiger partial charge in [-0.3, -0.25) is 9.46 Å². The van der Waals surface area contributed by atoms with E-state index in [4.69, 9.17) is 13.8 Å². The summed E-state index contributed by atoms with van der Waals surface area (Å²) in [6.07, 6.45) is 1.45. The van der Waals surface area contributed by atoms with Gasteiger partial charge in [0.15, 0.2) is 0 Å². The average Bonchev–Trinajstić information content (AvgIpc) is 2.71. The van der Waals surface area contributed by atoms with Crippen LogP contribution >= 0.6 is 7.60 Å². The zero-order chi connectivity index (χ0) is 24.2. The molecule has 1 atom stereocenters. The quantitative estimate of drug-likeness (QED) is 0.256. The summed E-state index contributed by atoms with van der Waals surface area (Å²) in [7, 11) is 7.05. The Kier molecular flexibility index (Phi) is 12.5. The molecule has 182 valence electrons. The van der Waals surface area contributed by atoms with Crippen molar-refractivity contribution in [2.45, 2.75) is 39.3 Å². The van der Waals surface area contributed by atoms with Crippen LogP contribution < -0.4 is 4.74 Å². The molecule has 1 aromatic carbocycles. The van der Waals surface area contributed by atoms with E-state index in [1.165, 1.54) is 0 Å². The summed E-state index contributed by atoms with van der Waals surface area (Å²) in [5.41, 5.74) is 2.31. The van der Waals surface area contributed by atoms with E-state index >= 15 is 0 Å². The van der Waals surface area contributed by atoms with E-state index < -0.39 is 7.60 Å². The first-order valence-corrected chi connectivity index (χ1v) is 12.9. The standard InChI is InChI=1S/C24H42N2O5P/c1-8-30-32(28,31-9-2)16-12-10-11-15-25(3)23(20-27)18-21-13-14-24(29-7)22(17-21)19-26(4,5)6/h13-14,17,23,27H,8-9,12,15-16,18-20H2,1-7H3/q+1/t23-/m0/s1. The van der Waals surface area contributed by atoms with Crippen molar-refractivity contribution in [3.8, 4) is 17.6 Å². The number of ether oxygens (including phenoxy) is 1. The third kappa shape index (κ3) is 10.5. The van der Waals surface area contributed by atoms with E-state index in [1.54, 1.807) is 21.0 Å². The Labute approximate surface area is 194 Å². The fourth-order valence-electron chi connectivity index (χ4n) is 3.38. The summed E-state index contributed by atoms with van der Waals surface area (Å²) < 4.78 is 29.4. The van der Waals surface area contributed by atoms with E-state index in [0.717, 1.165) is 27.9 Å². The molecule has 0 amide bonds. The molecule has 0 aliphatic rings. The minimum absolute atomic E-state index is 0.0404. The van der Waals surface area contributed by atoms with Crippen molar-refractivity contribution in [2.75, 3.05) is 67.8 Å². The van der Waals surface area contributed by atoms with E-state index in [2.05, 4.69) is 45.1 Å². The molecule has 0 bridgehead atoms. The Morgan fingerprint density at radius 3 is 2.34 bits per heavy atom. The van der Waals surface area contributed by atoms with Gasteiger partial charge < -0.3 is 23.4 Å². The Balaban J connectivity index is 2.72.